The summed E-state index contributed by atoms with van der Waals surface area (Å²) in [5, 5.41) is 2.47. The summed E-state index contributed by atoms with van der Waals surface area (Å²) in [6, 6.07) is 8.38. The van der Waals surface area contributed by atoms with Crippen LogP contribution in [0.15, 0.2) is 24.3 Å². The minimum absolute atomic E-state index is 0.0254. The van der Waals surface area contributed by atoms with Crippen LogP contribution in [0.5, 0.6) is 0 Å². The number of hydrogen-bond donors (Lipinski definition) is 1. The molecule has 2 atom stereocenters. The third-order valence-corrected chi connectivity index (χ3v) is 4.12. The summed E-state index contributed by atoms with van der Waals surface area (Å²) in [6.07, 6.45) is 2.19. The zero-order valence-electron chi connectivity index (χ0n) is 12.5. The van der Waals surface area contributed by atoms with Crippen molar-refractivity contribution in [3.05, 3.63) is 35.4 Å². The minimum Gasteiger partial charge on any atom is -0.296 e. The molecule has 1 aliphatic heterocycles. The first-order chi connectivity index (χ1) is 9.52. The molecule has 0 aromatic heterocycles. The Labute approximate surface area is 120 Å². The maximum atomic E-state index is 12.0. The number of rotatable bonds is 4. The highest BCUT2D eigenvalue weighted by molar-refractivity contribution is 5.99. The fraction of sp³-hybridized carbons (Fsp3) is 0.529. The molecule has 1 N–H and O–H groups in total. The van der Waals surface area contributed by atoms with Gasteiger partial charge in [-0.05, 0) is 23.5 Å². The molecule has 1 fully saturated rings. The van der Waals surface area contributed by atoms with Crippen LogP contribution >= 0.6 is 0 Å². The summed E-state index contributed by atoms with van der Waals surface area (Å²) < 4.78 is 0. The minimum atomic E-state index is -0.153. The molecule has 3 heteroatoms. The van der Waals surface area contributed by atoms with Crippen LogP contribution in [-0.2, 0) is 9.59 Å². The molecule has 1 heterocycles. The third-order valence-electron chi connectivity index (χ3n) is 4.12. The zero-order valence-corrected chi connectivity index (χ0v) is 12.5. The van der Waals surface area contributed by atoms with Gasteiger partial charge in [-0.1, -0.05) is 51.5 Å². The van der Waals surface area contributed by atoms with Gasteiger partial charge >= 0.3 is 0 Å². The highest BCUT2D eigenvalue weighted by Gasteiger charge is 2.35. The third kappa shape index (κ3) is 3.09. The highest BCUT2D eigenvalue weighted by Crippen LogP contribution is 2.34. The van der Waals surface area contributed by atoms with Crippen LogP contribution in [0.1, 0.15) is 63.0 Å². The number of amides is 2. The predicted octanol–water partition coefficient (Wildman–Crippen LogP) is 3.36. The second kappa shape index (κ2) is 6.21. The van der Waals surface area contributed by atoms with E-state index in [1.165, 1.54) is 5.56 Å². The number of hydrogen-bond acceptors (Lipinski definition) is 2. The summed E-state index contributed by atoms with van der Waals surface area (Å²) >= 11 is 0. The lowest BCUT2D eigenvalue weighted by atomic mass is 9.78. The van der Waals surface area contributed by atoms with Crippen LogP contribution in [0.3, 0.4) is 0 Å². The summed E-state index contributed by atoms with van der Waals surface area (Å²) in [4.78, 5) is 23.7. The van der Waals surface area contributed by atoms with Gasteiger partial charge in [-0.2, -0.15) is 0 Å². The van der Waals surface area contributed by atoms with Crippen molar-refractivity contribution in [3.8, 4) is 0 Å². The Hall–Kier alpha value is -1.64. The molecule has 108 valence electrons. The van der Waals surface area contributed by atoms with Gasteiger partial charge in [0.15, 0.2) is 0 Å². The SMILES string of the molecule is CCCC1C(=O)NC(=O)CC1c1ccc(C(C)C)cc1. The molecule has 0 spiro atoms. The summed E-state index contributed by atoms with van der Waals surface area (Å²) in [6.45, 7) is 6.39. The van der Waals surface area contributed by atoms with E-state index in [2.05, 4.69) is 50.4 Å². The molecular weight excluding hydrogens is 250 g/mol. The molecule has 1 aromatic carbocycles. The summed E-state index contributed by atoms with van der Waals surface area (Å²) in [5.41, 5.74) is 2.39. The number of piperidine rings is 1. The topological polar surface area (TPSA) is 46.2 Å². The van der Waals surface area contributed by atoms with Crippen LogP contribution in [0, 0.1) is 5.92 Å². The maximum absolute atomic E-state index is 12.0. The molecule has 20 heavy (non-hydrogen) atoms. The smallest absolute Gasteiger partial charge is 0.230 e. The molecule has 2 amide bonds. The lowest BCUT2D eigenvalue weighted by molar-refractivity contribution is -0.137. The summed E-state index contributed by atoms with van der Waals surface area (Å²) in [7, 11) is 0. The van der Waals surface area contributed by atoms with E-state index in [4.69, 9.17) is 0 Å². The van der Waals surface area contributed by atoms with E-state index in [0.717, 1.165) is 18.4 Å². The van der Waals surface area contributed by atoms with Gasteiger partial charge in [0.05, 0.1) is 0 Å². The number of carbonyl (C=O) groups excluding carboxylic acids is 2. The molecule has 1 aliphatic rings. The first-order valence-electron chi connectivity index (χ1n) is 7.46. The van der Waals surface area contributed by atoms with Crippen molar-refractivity contribution in [1.29, 1.82) is 0 Å². The molecule has 1 saturated heterocycles. The molecule has 0 saturated carbocycles. The van der Waals surface area contributed by atoms with E-state index in [1.807, 2.05) is 0 Å². The van der Waals surface area contributed by atoms with Crippen LogP contribution < -0.4 is 5.32 Å². The van der Waals surface area contributed by atoms with Crippen LogP contribution in [0.4, 0.5) is 0 Å². The Morgan fingerprint density at radius 3 is 2.40 bits per heavy atom. The van der Waals surface area contributed by atoms with E-state index in [0.29, 0.717) is 12.3 Å². The first kappa shape index (κ1) is 14.8. The van der Waals surface area contributed by atoms with Crippen molar-refractivity contribution in [2.45, 2.75) is 51.9 Å². The first-order valence-corrected chi connectivity index (χ1v) is 7.46. The van der Waals surface area contributed by atoms with E-state index in [1.54, 1.807) is 0 Å². The molecule has 0 radical (unpaired) electrons. The van der Waals surface area contributed by atoms with Crippen molar-refractivity contribution >= 4 is 11.8 Å². The van der Waals surface area contributed by atoms with E-state index < -0.39 is 0 Å². The number of nitrogens with one attached hydrogen (secondary N) is 1. The predicted molar refractivity (Wildman–Crippen MR) is 79.4 cm³/mol. The molecule has 0 aliphatic carbocycles. The van der Waals surface area contributed by atoms with Gasteiger partial charge in [0.1, 0.15) is 0 Å². The van der Waals surface area contributed by atoms with Crippen molar-refractivity contribution < 1.29 is 9.59 Å². The zero-order chi connectivity index (χ0) is 14.7. The lowest BCUT2D eigenvalue weighted by Gasteiger charge is -2.30. The van der Waals surface area contributed by atoms with Gasteiger partial charge in [-0.25, -0.2) is 0 Å². The summed E-state index contributed by atoms with van der Waals surface area (Å²) in [5.74, 6) is 0.174. The fourth-order valence-corrected chi connectivity index (χ4v) is 2.93. The average Bonchev–Trinajstić information content (AvgIpc) is 2.41. The van der Waals surface area contributed by atoms with Gasteiger partial charge in [-0.3, -0.25) is 14.9 Å². The number of imide groups is 1. The van der Waals surface area contributed by atoms with Crippen molar-refractivity contribution in [1.82, 2.24) is 5.32 Å². The fourth-order valence-electron chi connectivity index (χ4n) is 2.93. The second-order valence-corrected chi connectivity index (χ2v) is 5.94. The Morgan fingerprint density at radius 2 is 1.85 bits per heavy atom. The Balaban J connectivity index is 2.26. The highest BCUT2D eigenvalue weighted by atomic mass is 16.2. The molecule has 0 bridgehead atoms. The van der Waals surface area contributed by atoms with Crippen LogP contribution in [-0.4, -0.2) is 11.8 Å². The number of benzene rings is 1. The lowest BCUT2D eigenvalue weighted by Crippen LogP contribution is -2.44. The van der Waals surface area contributed by atoms with Crippen molar-refractivity contribution in [2.75, 3.05) is 0 Å². The van der Waals surface area contributed by atoms with Crippen molar-refractivity contribution in [2.24, 2.45) is 5.92 Å². The Morgan fingerprint density at radius 1 is 1.20 bits per heavy atom. The molecule has 1 aromatic rings. The Kier molecular flexibility index (Phi) is 4.58. The number of carbonyl (C=O) groups is 2. The monoisotopic (exact) mass is 273 g/mol. The van der Waals surface area contributed by atoms with Gasteiger partial charge in [0.25, 0.3) is 0 Å². The second-order valence-electron chi connectivity index (χ2n) is 5.94. The van der Waals surface area contributed by atoms with Gasteiger partial charge in [0, 0.05) is 18.3 Å². The Bertz CT molecular complexity index is 490. The largest absolute Gasteiger partial charge is 0.296 e. The van der Waals surface area contributed by atoms with Crippen LogP contribution in [0.25, 0.3) is 0 Å². The van der Waals surface area contributed by atoms with E-state index in [-0.39, 0.29) is 23.7 Å². The quantitative estimate of drug-likeness (QED) is 0.855. The van der Waals surface area contributed by atoms with Crippen LogP contribution in [0.2, 0.25) is 0 Å². The van der Waals surface area contributed by atoms with Gasteiger partial charge < -0.3 is 0 Å². The molecule has 2 unspecified atom stereocenters. The van der Waals surface area contributed by atoms with Gasteiger partial charge in [0.2, 0.25) is 11.8 Å². The van der Waals surface area contributed by atoms with Crippen molar-refractivity contribution in [3.63, 3.8) is 0 Å². The maximum Gasteiger partial charge on any atom is 0.230 e. The molecule has 2 rings (SSSR count). The van der Waals surface area contributed by atoms with E-state index >= 15 is 0 Å². The molecular formula is C17H23NO2. The normalized spacial score (nSPS) is 23.0. The van der Waals surface area contributed by atoms with Gasteiger partial charge in [-0.15, -0.1) is 0 Å². The average molecular weight is 273 g/mol. The van der Waals surface area contributed by atoms with E-state index in [9.17, 15) is 9.59 Å². The molecule has 3 nitrogen and oxygen atoms in total. The standard InChI is InChI=1S/C17H23NO2/c1-4-5-14-15(10-16(19)18-17(14)20)13-8-6-12(7-9-13)11(2)3/h6-9,11,14-15H,4-5,10H2,1-3H3,(H,18,19,20).